The first kappa shape index (κ1) is 8.88. The van der Waals surface area contributed by atoms with E-state index in [4.69, 9.17) is 5.14 Å². The van der Waals surface area contributed by atoms with Crippen LogP contribution in [0.1, 0.15) is 0 Å². The second-order valence-electron chi connectivity index (χ2n) is 1.86. The van der Waals surface area contributed by atoms with Crippen molar-refractivity contribution in [3.05, 3.63) is 21.9 Å². The van der Waals surface area contributed by atoms with E-state index in [9.17, 15) is 8.42 Å². The quantitative estimate of drug-likeness (QED) is 0.755. The highest BCUT2D eigenvalue weighted by atomic mass is 127. The van der Waals surface area contributed by atoms with Crippen molar-refractivity contribution in [2.75, 3.05) is 0 Å². The lowest BCUT2D eigenvalue weighted by Gasteiger charge is -1.94. The minimum Gasteiger partial charge on any atom is -0.242 e. The molecule has 0 aliphatic carbocycles. The van der Waals surface area contributed by atoms with Gasteiger partial charge in [0.05, 0.1) is 0 Å². The van der Waals surface area contributed by atoms with Gasteiger partial charge in [0, 0.05) is 9.77 Å². The molecule has 0 amide bonds. The van der Waals surface area contributed by atoms with Crippen LogP contribution in [0, 0.1) is 3.57 Å². The molecule has 2 N–H and O–H groups in total. The van der Waals surface area contributed by atoms with Gasteiger partial charge in [-0.15, -0.1) is 0 Å². The molecule has 0 radical (unpaired) electrons. The molecular weight excluding hydrogens is 279 g/mol. The third-order valence-electron chi connectivity index (χ3n) is 0.992. The van der Waals surface area contributed by atoms with Crippen molar-refractivity contribution in [3.8, 4) is 0 Å². The van der Waals surface area contributed by atoms with Gasteiger partial charge in [0.1, 0.15) is 0 Å². The number of rotatable bonds is 1. The van der Waals surface area contributed by atoms with Gasteiger partial charge in [-0.05, 0) is 34.7 Å². The van der Waals surface area contributed by atoms with E-state index in [1.807, 2.05) is 22.6 Å². The molecule has 0 aliphatic rings. The molecule has 1 aromatic heterocycles. The molecular formula is C5H5IN2O2S. The molecule has 0 spiro atoms. The van der Waals surface area contributed by atoms with Crippen LogP contribution in [0.2, 0.25) is 0 Å². The highest BCUT2D eigenvalue weighted by molar-refractivity contribution is 14.1. The van der Waals surface area contributed by atoms with Crippen LogP contribution in [0.25, 0.3) is 0 Å². The normalized spacial score (nSPS) is 11.5. The first-order valence-electron chi connectivity index (χ1n) is 2.64. The van der Waals surface area contributed by atoms with Crippen molar-refractivity contribution in [1.29, 1.82) is 0 Å². The number of hydrogen-bond acceptors (Lipinski definition) is 3. The van der Waals surface area contributed by atoms with E-state index >= 15 is 0 Å². The molecule has 1 heterocycles. The fourth-order valence-electron chi connectivity index (χ4n) is 0.531. The summed E-state index contributed by atoms with van der Waals surface area (Å²) in [6.07, 6.45) is 1.44. The number of primary sulfonamides is 1. The molecule has 11 heavy (non-hydrogen) atoms. The van der Waals surface area contributed by atoms with Crippen LogP contribution < -0.4 is 5.14 Å². The molecule has 0 fully saturated rings. The molecule has 1 rings (SSSR count). The summed E-state index contributed by atoms with van der Waals surface area (Å²) in [7, 11) is -3.63. The Bertz CT molecular complexity index is 345. The Kier molecular flexibility index (Phi) is 2.45. The van der Waals surface area contributed by atoms with E-state index in [0.29, 0.717) is 0 Å². The summed E-state index contributed by atoms with van der Waals surface area (Å²) >= 11 is 2.03. The molecule has 6 heteroatoms. The van der Waals surface area contributed by atoms with Crippen LogP contribution >= 0.6 is 22.6 Å². The van der Waals surface area contributed by atoms with Gasteiger partial charge in [0.2, 0.25) is 0 Å². The number of halogens is 1. The van der Waals surface area contributed by atoms with Crippen molar-refractivity contribution < 1.29 is 8.42 Å². The van der Waals surface area contributed by atoms with Crippen molar-refractivity contribution in [3.63, 3.8) is 0 Å². The molecule has 0 aliphatic heterocycles. The van der Waals surface area contributed by atoms with Gasteiger partial charge in [-0.2, -0.15) is 0 Å². The number of pyridine rings is 1. The number of hydrogen-bond donors (Lipinski definition) is 1. The lowest BCUT2D eigenvalue weighted by Crippen LogP contribution is -2.13. The first-order valence-corrected chi connectivity index (χ1v) is 5.27. The van der Waals surface area contributed by atoms with Crippen molar-refractivity contribution in [2.45, 2.75) is 5.03 Å². The molecule has 0 saturated carbocycles. The van der Waals surface area contributed by atoms with E-state index < -0.39 is 10.0 Å². The largest absolute Gasteiger partial charge is 0.255 e. The van der Waals surface area contributed by atoms with E-state index in [1.165, 1.54) is 12.3 Å². The zero-order valence-electron chi connectivity index (χ0n) is 5.36. The van der Waals surface area contributed by atoms with Crippen LogP contribution in [0.3, 0.4) is 0 Å². The number of aromatic nitrogens is 1. The molecule has 0 unspecified atom stereocenters. The Morgan fingerprint density at radius 1 is 1.45 bits per heavy atom. The molecule has 1 aromatic rings. The minimum atomic E-state index is -3.63. The molecule has 0 atom stereocenters. The lowest BCUT2D eigenvalue weighted by atomic mass is 10.5. The van der Waals surface area contributed by atoms with Gasteiger partial charge < -0.3 is 0 Å². The summed E-state index contributed by atoms with van der Waals surface area (Å²) in [6, 6.07) is 3.00. The highest BCUT2D eigenvalue weighted by Crippen LogP contribution is 2.05. The van der Waals surface area contributed by atoms with Crippen molar-refractivity contribution >= 4 is 32.6 Å². The van der Waals surface area contributed by atoms with Gasteiger partial charge in [0.25, 0.3) is 10.0 Å². The summed E-state index contributed by atoms with van der Waals surface area (Å²) in [4.78, 5) is 3.63. The van der Waals surface area contributed by atoms with Gasteiger partial charge in [-0.25, -0.2) is 18.5 Å². The average molecular weight is 284 g/mol. The van der Waals surface area contributed by atoms with E-state index in [0.717, 1.165) is 3.57 Å². The standard InChI is InChI=1S/C5H5IN2O2S/c6-4-1-2-5(8-3-4)11(7,9)10/h1-3H,(H2,7,9,10). The van der Waals surface area contributed by atoms with E-state index in [1.54, 1.807) is 6.07 Å². The zero-order valence-corrected chi connectivity index (χ0v) is 8.33. The third-order valence-corrected chi connectivity index (χ3v) is 2.45. The summed E-state index contributed by atoms with van der Waals surface area (Å²) in [5, 5.41) is 4.71. The van der Waals surface area contributed by atoms with Crippen LogP contribution in [0.5, 0.6) is 0 Å². The number of nitrogens with zero attached hydrogens (tertiary/aromatic N) is 1. The Hall–Kier alpha value is -0.210. The van der Waals surface area contributed by atoms with Crippen LogP contribution in [-0.2, 0) is 10.0 Å². The maximum Gasteiger partial charge on any atom is 0.255 e. The Morgan fingerprint density at radius 2 is 2.09 bits per heavy atom. The zero-order chi connectivity index (χ0) is 8.48. The Balaban J connectivity index is 3.20. The van der Waals surface area contributed by atoms with Crippen LogP contribution in [-0.4, -0.2) is 13.4 Å². The Labute approximate surface area is 78.0 Å². The van der Waals surface area contributed by atoms with Gasteiger partial charge >= 0.3 is 0 Å². The maximum absolute atomic E-state index is 10.7. The highest BCUT2D eigenvalue weighted by Gasteiger charge is 2.07. The van der Waals surface area contributed by atoms with Gasteiger partial charge in [-0.3, -0.25) is 0 Å². The molecule has 0 aromatic carbocycles. The summed E-state index contributed by atoms with van der Waals surface area (Å²) in [5.41, 5.74) is 0. The van der Waals surface area contributed by atoms with Crippen molar-refractivity contribution in [1.82, 2.24) is 4.98 Å². The molecule has 0 saturated heterocycles. The smallest absolute Gasteiger partial charge is 0.242 e. The first-order chi connectivity index (χ1) is 5.00. The SMILES string of the molecule is NS(=O)(=O)c1ccc(I)cn1. The average Bonchev–Trinajstić information content (AvgIpc) is 1.86. The number of sulfonamides is 1. The van der Waals surface area contributed by atoms with Crippen LogP contribution in [0.4, 0.5) is 0 Å². The third kappa shape index (κ3) is 2.38. The number of nitrogens with two attached hydrogens (primary N) is 1. The fourth-order valence-corrected chi connectivity index (χ4v) is 1.31. The predicted octanol–water partition coefficient (Wildman–Crippen LogP) is 0.334. The summed E-state index contributed by atoms with van der Waals surface area (Å²) in [5.74, 6) is 0. The van der Waals surface area contributed by atoms with Gasteiger partial charge in [-0.1, -0.05) is 0 Å². The van der Waals surface area contributed by atoms with Crippen molar-refractivity contribution in [2.24, 2.45) is 5.14 Å². The topological polar surface area (TPSA) is 73.1 Å². The summed E-state index contributed by atoms with van der Waals surface area (Å²) < 4.78 is 22.2. The van der Waals surface area contributed by atoms with Crippen LogP contribution in [0.15, 0.2) is 23.4 Å². The van der Waals surface area contributed by atoms with Gasteiger partial charge in [0.15, 0.2) is 5.03 Å². The minimum absolute atomic E-state index is 0.0992. The second-order valence-corrected chi connectivity index (χ2v) is 4.61. The molecule has 0 bridgehead atoms. The monoisotopic (exact) mass is 284 g/mol. The predicted molar refractivity (Wildman–Crippen MR) is 48.3 cm³/mol. The maximum atomic E-state index is 10.7. The Morgan fingerprint density at radius 3 is 2.45 bits per heavy atom. The molecule has 4 nitrogen and oxygen atoms in total. The van der Waals surface area contributed by atoms with E-state index in [2.05, 4.69) is 4.98 Å². The lowest BCUT2D eigenvalue weighted by molar-refractivity contribution is 0.594. The molecule has 60 valence electrons. The fraction of sp³-hybridized carbons (Fsp3) is 0. The summed E-state index contributed by atoms with van der Waals surface area (Å²) in [6.45, 7) is 0. The van der Waals surface area contributed by atoms with E-state index in [-0.39, 0.29) is 5.03 Å². The second kappa shape index (κ2) is 3.03.